The molecule has 0 atom stereocenters. The molecule has 0 aromatic heterocycles. The van der Waals surface area contributed by atoms with Gasteiger partial charge in [0.05, 0.1) is 6.42 Å². The van der Waals surface area contributed by atoms with Gasteiger partial charge in [-0.2, -0.15) is 0 Å². The molecule has 90 valence electrons. The molecule has 1 aliphatic carbocycles. The highest BCUT2D eigenvalue weighted by molar-refractivity contribution is 5.73. The zero-order valence-corrected chi connectivity index (χ0v) is 10.1. The minimum Gasteiger partial charge on any atom is -0.481 e. The van der Waals surface area contributed by atoms with Gasteiger partial charge >= 0.3 is 5.97 Å². The molecule has 1 heterocycles. The minimum absolute atomic E-state index is 0.0736. The first-order valence-corrected chi connectivity index (χ1v) is 6.18. The first-order chi connectivity index (χ1) is 8.12. The second-order valence-electron chi connectivity index (χ2n) is 5.34. The average molecular weight is 231 g/mol. The number of benzene rings is 1. The monoisotopic (exact) mass is 231 g/mol. The third kappa shape index (κ3) is 1.61. The van der Waals surface area contributed by atoms with Crippen LogP contribution in [0.2, 0.25) is 0 Å². The van der Waals surface area contributed by atoms with E-state index < -0.39 is 5.97 Å². The summed E-state index contributed by atoms with van der Waals surface area (Å²) >= 11 is 0. The van der Waals surface area contributed by atoms with E-state index in [2.05, 4.69) is 30.1 Å². The Morgan fingerprint density at radius 3 is 2.88 bits per heavy atom. The van der Waals surface area contributed by atoms with Crippen LogP contribution < -0.4 is 4.90 Å². The molecule has 0 bridgehead atoms. The van der Waals surface area contributed by atoms with E-state index in [-0.39, 0.29) is 11.8 Å². The smallest absolute Gasteiger partial charge is 0.304 e. The fraction of sp³-hybridized carbons (Fsp3) is 0.500. The number of hydrogen-bond donors (Lipinski definition) is 1. The molecule has 1 saturated carbocycles. The van der Waals surface area contributed by atoms with Gasteiger partial charge < -0.3 is 10.0 Å². The molecule has 0 amide bonds. The SMILES string of the molecule is CN1CCc2cccc(C3(CC(=O)O)CC3)c21. The van der Waals surface area contributed by atoms with Crippen molar-refractivity contribution < 1.29 is 9.90 Å². The Bertz CT molecular complexity index is 477. The molecule has 0 spiro atoms. The molecule has 1 N–H and O–H groups in total. The molecule has 3 rings (SSSR count). The van der Waals surface area contributed by atoms with E-state index in [1.54, 1.807) is 0 Å². The van der Waals surface area contributed by atoms with Crippen molar-refractivity contribution in [3.63, 3.8) is 0 Å². The summed E-state index contributed by atoms with van der Waals surface area (Å²) in [5.41, 5.74) is 3.86. The summed E-state index contributed by atoms with van der Waals surface area (Å²) in [6.45, 7) is 1.05. The maximum Gasteiger partial charge on any atom is 0.304 e. The molecule has 1 aromatic rings. The van der Waals surface area contributed by atoms with E-state index >= 15 is 0 Å². The number of fused-ring (bicyclic) bond motifs is 1. The summed E-state index contributed by atoms with van der Waals surface area (Å²) in [7, 11) is 2.10. The number of carboxylic acid groups (broad SMARTS) is 1. The van der Waals surface area contributed by atoms with Crippen molar-refractivity contribution in [3.05, 3.63) is 29.3 Å². The summed E-state index contributed by atoms with van der Waals surface area (Å²) in [5.74, 6) is -0.680. The van der Waals surface area contributed by atoms with Crippen LogP contribution >= 0.6 is 0 Å². The number of anilines is 1. The Balaban J connectivity index is 2.05. The number of rotatable bonds is 3. The quantitative estimate of drug-likeness (QED) is 0.866. The maximum atomic E-state index is 11.0. The zero-order chi connectivity index (χ0) is 12.0. The molecule has 2 aliphatic rings. The van der Waals surface area contributed by atoms with Crippen LogP contribution in [0.25, 0.3) is 0 Å². The lowest BCUT2D eigenvalue weighted by Gasteiger charge is -2.22. The number of carbonyl (C=O) groups is 1. The van der Waals surface area contributed by atoms with Gasteiger partial charge in [0.1, 0.15) is 0 Å². The highest BCUT2D eigenvalue weighted by Gasteiger charge is 2.48. The third-order valence-corrected chi connectivity index (χ3v) is 4.13. The van der Waals surface area contributed by atoms with Crippen LogP contribution in [-0.4, -0.2) is 24.7 Å². The average Bonchev–Trinajstić information content (AvgIpc) is 2.96. The lowest BCUT2D eigenvalue weighted by Crippen LogP contribution is -2.19. The largest absolute Gasteiger partial charge is 0.481 e. The minimum atomic E-state index is -0.680. The van der Waals surface area contributed by atoms with E-state index in [0.29, 0.717) is 0 Å². The van der Waals surface area contributed by atoms with Crippen LogP contribution in [0.4, 0.5) is 5.69 Å². The predicted molar refractivity (Wildman–Crippen MR) is 66.6 cm³/mol. The van der Waals surface area contributed by atoms with Crippen LogP contribution in [0.3, 0.4) is 0 Å². The van der Waals surface area contributed by atoms with Gasteiger partial charge in [-0.25, -0.2) is 0 Å². The molecule has 0 unspecified atom stereocenters. The van der Waals surface area contributed by atoms with E-state index in [0.717, 1.165) is 25.8 Å². The fourth-order valence-electron chi connectivity index (χ4n) is 3.05. The van der Waals surface area contributed by atoms with E-state index in [1.807, 2.05) is 0 Å². The summed E-state index contributed by atoms with van der Waals surface area (Å²) in [4.78, 5) is 13.3. The normalized spacial score (nSPS) is 20.2. The van der Waals surface area contributed by atoms with E-state index in [1.165, 1.54) is 16.8 Å². The summed E-state index contributed by atoms with van der Waals surface area (Å²) < 4.78 is 0. The van der Waals surface area contributed by atoms with Crippen molar-refractivity contribution in [2.24, 2.45) is 0 Å². The van der Waals surface area contributed by atoms with Gasteiger partial charge in [-0.05, 0) is 30.4 Å². The second kappa shape index (κ2) is 3.49. The molecular formula is C14H17NO2. The van der Waals surface area contributed by atoms with Crippen molar-refractivity contribution in [2.75, 3.05) is 18.5 Å². The topological polar surface area (TPSA) is 40.5 Å². The van der Waals surface area contributed by atoms with Crippen LogP contribution in [0, 0.1) is 0 Å². The van der Waals surface area contributed by atoms with Gasteiger partial charge in [-0.1, -0.05) is 18.2 Å². The maximum absolute atomic E-state index is 11.0. The lowest BCUT2D eigenvalue weighted by atomic mass is 9.89. The Morgan fingerprint density at radius 1 is 1.47 bits per heavy atom. The summed E-state index contributed by atoms with van der Waals surface area (Å²) in [6.07, 6.45) is 3.40. The molecule has 1 aromatic carbocycles. The molecule has 1 fully saturated rings. The van der Waals surface area contributed by atoms with Gasteiger partial charge in [0.15, 0.2) is 0 Å². The van der Waals surface area contributed by atoms with Crippen LogP contribution in [0.1, 0.15) is 30.4 Å². The van der Waals surface area contributed by atoms with Crippen LogP contribution in [-0.2, 0) is 16.6 Å². The standard InChI is InChI=1S/C14H17NO2/c1-15-8-5-10-3-2-4-11(13(10)15)14(6-7-14)9-12(16)17/h2-4H,5-9H2,1H3,(H,16,17). The van der Waals surface area contributed by atoms with Crippen molar-refractivity contribution in [1.29, 1.82) is 0 Å². The number of carboxylic acids is 1. The van der Waals surface area contributed by atoms with Gasteiger partial charge in [-0.3, -0.25) is 4.79 Å². The highest BCUT2D eigenvalue weighted by Crippen LogP contribution is 2.55. The molecular weight excluding hydrogens is 214 g/mol. The van der Waals surface area contributed by atoms with Gasteiger partial charge in [0.25, 0.3) is 0 Å². The van der Waals surface area contributed by atoms with Gasteiger partial charge in [0.2, 0.25) is 0 Å². The number of hydrogen-bond acceptors (Lipinski definition) is 2. The van der Waals surface area contributed by atoms with Gasteiger partial charge in [-0.15, -0.1) is 0 Å². The van der Waals surface area contributed by atoms with E-state index in [4.69, 9.17) is 5.11 Å². The molecule has 1 aliphatic heterocycles. The molecule has 0 saturated heterocycles. The summed E-state index contributed by atoms with van der Waals surface area (Å²) in [6, 6.07) is 6.37. The second-order valence-corrected chi connectivity index (χ2v) is 5.34. The molecule has 17 heavy (non-hydrogen) atoms. The van der Waals surface area contributed by atoms with Gasteiger partial charge in [0, 0.05) is 24.7 Å². The van der Waals surface area contributed by atoms with E-state index in [9.17, 15) is 4.79 Å². The molecule has 0 radical (unpaired) electrons. The number of likely N-dealkylation sites (N-methyl/N-ethyl adjacent to an activating group) is 1. The Morgan fingerprint density at radius 2 is 2.24 bits per heavy atom. The van der Waals surface area contributed by atoms with Crippen molar-refractivity contribution in [3.8, 4) is 0 Å². The number of para-hydroxylation sites is 1. The lowest BCUT2D eigenvalue weighted by molar-refractivity contribution is -0.137. The Kier molecular flexibility index (Phi) is 2.18. The predicted octanol–water partition coefficient (Wildman–Crippen LogP) is 2.19. The Hall–Kier alpha value is -1.51. The Labute approximate surface area is 101 Å². The fourth-order valence-corrected chi connectivity index (χ4v) is 3.05. The van der Waals surface area contributed by atoms with Crippen molar-refractivity contribution >= 4 is 11.7 Å². The highest BCUT2D eigenvalue weighted by atomic mass is 16.4. The number of nitrogens with zero attached hydrogens (tertiary/aromatic N) is 1. The first kappa shape index (κ1) is 10.6. The molecule has 3 heteroatoms. The first-order valence-electron chi connectivity index (χ1n) is 6.18. The number of aliphatic carboxylic acids is 1. The van der Waals surface area contributed by atoms with Crippen LogP contribution in [0.15, 0.2) is 18.2 Å². The summed E-state index contributed by atoms with van der Waals surface area (Å²) in [5, 5.41) is 9.05. The zero-order valence-electron chi connectivity index (χ0n) is 10.1. The van der Waals surface area contributed by atoms with Crippen molar-refractivity contribution in [1.82, 2.24) is 0 Å². The van der Waals surface area contributed by atoms with Crippen molar-refractivity contribution in [2.45, 2.75) is 31.1 Å². The third-order valence-electron chi connectivity index (χ3n) is 4.13. The van der Waals surface area contributed by atoms with Crippen LogP contribution in [0.5, 0.6) is 0 Å². The molecule has 3 nitrogen and oxygen atoms in total.